The maximum absolute atomic E-state index is 13.2. The Labute approximate surface area is 117 Å². The van der Waals surface area contributed by atoms with E-state index in [-0.39, 0.29) is 18.2 Å². The van der Waals surface area contributed by atoms with E-state index in [1.165, 1.54) is 18.2 Å². The van der Waals surface area contributed by atoms with Crippen LogP contribution in [-0.4, -0.2) is 37.8 Å². The molecule has 6 heteroatoms. The molecule has 1 aromatic carbocycles. The fourth-order valence-electron chi connectivity index (χ4n) is 2.14. The molecule has 1 aliphatic heterocycles. The van der Waals surface area contributed by atoms with Crippen LogP contribution in [0.2, 0.25) is 5.02 Å². The maximum atomic E-state index is 13.2. The summed E-state index contributed by atoms with van der Waals surface area (Å²) < 4.78 is 26.4. The van der Waals surface area contributed by atoms with Gasteiger partial charge in [-0.3, -0.25) is 4.90 Å². The van der Waals surface area contributed by atoms with Gasteiger partial charge in [0.05, 0.1) is 6.04 Å². The van der Waals surface area contributed by atoms with E-state index in [1.807, 2.05) is 4.90 Å². The van der Waals surface area contributed by atoms with Crippen LogP contribution in [0.25, 0.3) is 0 Å². The molecule has 0 aromatic heterocycles. The molecule has 2 rings (SSSR count). The van der Waals surface area contributed by atoms with Crippen molar-refractivity contribution in [2.24, 2.45) is 0 Å². The number of nitrogens with zero attached hydrogens (tertiary/aromatic N) is 1. The summed E-state index contributed by atoms with van der Waals surface area (Å²) in [6.07, 6.45) is 0. The Morgan fingerprint density at radius 2 is 2.00 bits per heavy atom. The van der Waals surface area contributed by atoms with Gasteiger partial charge in [0.1, 0.15) is 12.5 Å². The first-order chi connectivity index (χ1) is 8.22. The Morgan fingerprint density at radius 3 is 2.61 bits per heavy atom. The monoisotopic (exact) mass is 296 g/mol. The van der Waals surface area contributed by atoms with Crippen molar-refractivity contribution >= 4 is 24.0 Å². The van der Waals surface area contributed by atoms with Gasteiger partial charge in [-0.1, -0.05) is 11.6 Å². The summed E-state index contributed by atoms with van der Waals surface area (Å²) in [4.78, 5) is 2.00. The van der Waals surface area contributed by atoms with Crippen molar-refractivity contribution in [1.82, 2.24) is 10.2 Å². The predicted octanol–water partition coefficient (Wildman–Crippen LogP) is 2.82. The van der Waals surface area contributed by atoms with Crippen molar-refractivity contribution in [2.75, 3.05) is 32.9 Å². The highest BCUT2D eigenvalue weighted by molar-refractivity contribution is 6.31. The van der Waals surface area contributed by atoms with Gasteiger partial charge in [0.15, 0.2) is 0 Å². The minimum Gasteiger partial charge on any atom is -0.314 e. The van der Waals surface area contributed by atoms with Crippen LogP contribution in [-0.2, 0) is 0 Å². The van der Waals surface area contributed by atoms with Crippen molar-refractivity contribution in [3.63, 3.8) is 0 Å². The predicted molar refractivity (Wildman–Crippen MR) is 71.8 cm³/mol. The van der Waals surface area contributed by atoms with Crippen LogP contribution in [0.4, 0.5) is 8.78 Å². The molecule has 0 radical (unpaired) electrons. The van der Waals surface area contributed by atoms with Gasteiger partial charge >= 0.3 is 0 Å². The van der Waals surface area contributed by atoms with Crippen molar-refractivity contribution in [3.05, 3.63) is 34.6 Å². The highest BCUT2D eigenvalue weighted by atomic mass is 35.5. The van der Waals surface area contributed by atoms with E-state index in [9.17, 15) is 8.78 Å². The van der Waals surface area contributed by atoms with Crippen molar-refractivity contribution in [3.8, 4) is 0 Å². The largest absolute Gasteiger partial charge is 0.314 e. The summed E-state index contributed by atoms with van der Waals surface area (Å²) in [5, 5.41) is 3.62. The molecule has 0 bridgehead atoms. The molecule has 18 heavy (non-hydrogen) atoms. The van der Waals surface area contributed by atoms with Crippen LogP contribution in [0.1, 0.15) is 11.6 Å². The zero-order valence-corrected chi connectivity index (χ0v) is 11.4. The first-order valence-corrected chi connectivity index (χ1v) is 6.06. The standard InChI is InChI=1S/C12H15ClF2N2.ClH/c13-11-2-1-9(15)7-10(11)12(8-14)17-5-3-16-4-6-17;/h1-2,7,12,16H,3-6,8H2;1H/t12-;/m0./s1. The van der Waals surface area contributed by atoms with Gasteiger partial charge < -0.3 is 5.32 Å². The molecule has 0 spiro atoms. The van der Waals surface area contributed by atoms with Crippen LogP contribution >= 0.6 is 24.0 Å². The van der Waals surface area contributed by atoms with Gasteiger partial charge in [-0.05, 0) is 23.8 Å². The van der Waals surface area contributed by atoms with Crippen LogP contribution in [0.15, 0.2) is 18.2 Å². The average molecular weight is 297 g/mol. The summed E-state index contributed by atoms with van der Waals surface area (Å²) in [5.74, 6) is -0.377. The number of piperazine rings is 1. The topological polar surface area (TPSA) is 15.3 Å². The summed E-state index contributed by atoms with van der Waals surface area (Å²) in [7, 11) is 0. The SMILES string of the molecule is Cl.FC[C@@H](c1cc(F)ccc1Cl)N1CCNCC1. The zero-order valence-electron chi connectivity index (χ0n) is 9.83. The Hall–Kier alpha value is -0.420. The van der Waals surface area contributed by atoms with Crippen molar-refractivity contribution in [2.45, 2.75) is 6.04 Å². The first-order valence-electron chi connectivity index (χ1n) is 5.68. The van der Waals surface area contributed by atoms with Gasteiger partial charge in [0, 0.05) is 31.2 Å². The molecule has 1 N–H and O–H groups in total. The van der Waals surface area contributed by atoms with Gasteiger partial charge in [0.2, 0.25) is 0 Å². The lowest BCUT2D eigenvalue weighted by molar-refractivity contribution is 0.147. The van der Waals surface area contributed by atoms with E-state index in [0.29, 0.717) is 10.6 Å². The molecule has 0 amide bonds. The molecule has 1 aromatic rings. The lowest BCUT2D eigenvalue weighted by Gasteiger charge is -2.34. The Bertz CT molecular complexity index is 384. The minimum absolute atomic E-state index is 0. The van der Waals surface area contributed by atoms with Crippen LogP contribution in [0.5, 0.6) is 0 Å². The highest BCUT2D eigenvalue weighted by Crippen LogP contribution is 2.29. The minimum atomic E-state index is -0.552. The number of halogens is 4. The van der Waals surface area contributed by atoms with Crippen LogP contribution in [0, 0.1) is 5.82 Å². The van der Waals surface area contributed by atoms with Crippen LogP contribution in [0.3, 0.4) is 0 Å². The quantitative estimate of drug-likeness (QED) is 0.923. The summed E-state index contributed by atoms with van der Waals surface area (Å²) in [6, 6.07) is 3.66. The van der Waals surface area contributed by atoms with E-state index < -0.39 is 12.7 Å². The number of hydrogen-bond acceptors (Lipinski definition) is 2. The molecular weight excluding hydrogens is 281 g/mol. The second-order valence-corrected chi connectivity index (χ2v) is 4.53. The number of hydrogen-bond donors (Lipinski definition) is 1. The molecule has 2 nitrogen and oxygen atoms in total. The summed E-state index contributed by atoms with van der Waals surface area (Å²) in [6.45, 7) is 2.60. The fourth-order valence-corrected chi connectivity index (χ4v) is 2.38. The Kier molecular flexibility index (Phi) is 6.29. The van der Waals surface area contributed by atoms with E-state index in [0.717, 1.165) is 26.2 Å². The third-order valence-electron chi connectivity index (χ3n) is 3.06. The second-order valence-electron chi connectivity index (χ2n) is 4.12. The number of benzene rings is 1. The maximum Gasteiger partial charge on any atom is 0.123 e. The molecule has 0 unspecified atom stereocenters. The molecule has 0 saturated carbocycles. The molecule has 1 saturated heterocycles. The van der Waals surface area contributed by atoms with Crippen molar-refractivity contribution in [1.29, 1.82) is 0 Å². The zero-order chi connectivity index (χ0) is 12.3. The van der Waals surface area contributed by atoms with Gasteiger partial charge in [-0.2, -0.15) is 0 Å². The Balaban J connectivity index is 0.00000162. The van der Waals surface area contributed by atoms with Crippen LogP contribution < -0.4 is 5.32 Å². The average Bonchev–Trinajstić information content (AvgIpc) is 2.36. The molecular formula is C12H16Cl2F2N2. The molecule has 1 atom stereocenters. The molecule has 1 aliphatic rings. The normalized spacial score (nSPS) is 18.2. The summed E-state index contributed by atoms with van der Waals surface area (Å²) >= 11 is 6.01. The first kappa shape index (κ1) is 15.6. The van der Waals surface area contributed by atoms with E-state index >= 15 is 0 Å². The third-order valence-corrected chi connectivity index (χ3v) is 3.40. The Morgan fingerprint density at radius 1 is 1.33 bits per heavy atom. The number of nitrogens with one attached hydrogen (secondary N) is 1. The van der Waals surface area contributed by atoms with Gasteiger partial charge in [0.25, 0.3) is 0 Å². The highest BCUT2D eigenvalue weighted by Gasteiger charge is 2.24. The fraction of sp³-hybridized carbons (Fsp3) is 0.500. The van der Waals surface area contributed by atoms with Gasteiger partial charge in [-0.25, -0.2) is 8.78 Å². The lowest BCUT2D eigenvalue weighted by Crippen LogP contribution is -2.45. The molecule has 102 valence electrons. The van der Waals surface area contributed by atoms with E-state index in [1.54, 1.807) is 0 Å². The third kappa shape index (κ3) is 3.54. The van der Waals surface area contributed by atoms with E-state index in [4.69, 9.17) is 11.6 Å². The van der Waals surface area contributed by atoms with E-state index in [2.05, 4.69) is 5.32 Å². The molecule has 1 fully saturated rings. The molecule has 0 aliphatic carbocycles. The lowest BCUT2D eigenvalue weighted by atomic mass is 10.1. The summed E-state index contributed by atoms with van der Waals surface area (Å²) in [5.41, 5.74) is 0.538. The van der Waals surface area contributed by atoms with Gasteiger partial charge in [-0.15, -0.1) is 12.4 Å². The molecule has 1 heterocycles. The number of alkyl halides is 1. The smallest absolute Gasteiger partial charge is 0.123 e. The number of rotatable bonds is 3. The second kappa shape index (κ2) is 7.24. The van der Waals surface area contributed by atoms with Crippen molar-refractivity contribution < 1.29 is 8.78 Å².